The summed E-state index contributed by atoms with van der Waals surface area (Å²) in [5.74, 6) is -0.262. The summed E-state index contributed by atoms with van der Waals surface area (Å²) < 4.78 is 35.0. The van der Waals surface area contributed by atoms with Crippen molar-refractivity contribution in [2.24, 2.45) is 0 Å². The average molecular weight is 232 g/mol. The number of unbranched alkanes of at least 4 members (excludes halogenated alkanes) is 1. The predicted octanol–water partition coefficient (Wildman–Crippen LogP) is 0.121. The van der Waals surface area contributed by atoms with Gasteiger partial charge in [-0.2, -0.15) is 0 Å². The fourth-order valence-corrected chi connectivity index (χ4v) is 1.89. The number of nitrogens with zero attached hydrogens (tertiary/aromatic N) is 2. The van der Waals surface area contributed by atoms with Gasteiger partial charge in [0, 0.05) is 5.75 Å². The highest BCUT2D eigenvalue weighted by Crippen LogP contribution is 1.94. The van der Waals surface area contributed by atoms with Crippen LogP contribution >= 0.6 is 0 Å². The molecule has 15 heavy (non-hydrogen) atoms. The Morgan fingerprint density at radius 2 is 2.13 bits per heavy atom. The molecule has 1 aromatic heterocycles. The van der Waals surface area contributed by atoms with E-state index in [0.29, 0.717) is 12.8 Å². The van der Waals surface area contributed by atoms with Gasteiger partial charge in [-0.15, -0.1) is 0 Å². The minimum atomic E-state index is -4.04. The van der Waals surface area contributed by atoms with Crippen molar-refractivity contribution in [2.75, 3.05) is 5.75 Å². The average Bonchev–Trinajstić information content (AvgIpc) is 2.59. The molecular weight excluding hydrogens is 216 g/mol. The van der Waals surface area contributed by atoms with Gasteiger partial charge in [-0.3, -0.25) is 0 Å². The van der Waals surface area contributed by atoms with Gasteiger partial charge in [-0.1, -0.05) is 0 Å². The summed E-state index contributed by atoms with van der Waals surface area (Å²) in [4.78, 5) is 0. The van der Waals surface area contributed by atoms with Crippen molar-refractivity contribution in [1.82, 2.24) is 4.57 Å². The van der Waals surface area contributed by atoms with Gasteiger partial charge in [0.1, 0.15) is 12.4 Å². The molecule has 0 fully saturated rings. The van der Waals surface area contributed by atoms with Gasteiger partial charge in [0.05, 0.1) is 23.2 Å². The Bertz CT molecular complexity index is 397. The molecule has 5 nitrogen and oxygen atoms in total. The molecule has 0 saturated heterocycles. The smallest absolute Gasteiger partial charge is 0.243 e. The van der Waals surface area contributed by atoms with Crippen LogP contribution < -0.4 is 4.57 Å². The van der Waals surface area contributed by atoms with Crippen molar-refractivity contribution in [3.63, 3.8) is 0 Å². The molecule has 0 bridgehead atoms. The third kappa shape index (κ3) is 4.94. The monoisotopic (exact) mass is 232 g/mol. The molecule has 0 spiro atoms. The second-order valence-electron chi connectivity index (χ2n) is 3.45. The number of rotatable bonds is 6. The summed E-state index contributed by atoms with van der Waals surface area (Å²) >= 11 is 0. The molecule has 0 aliphatic rings. The van der Waals surface area contributed by atoms with E-state index in [9.17, 15) is 13.0 Å². The number of hydrogen-bond donors (Lipinski definition) is 0. The van der Waals surface area contributed by atoms with Crippen molar-refractivity contribution in [2.45, 2.75) is 32.9 Å². The summed E-state index contributed by atoms with van der Waals surface area (Å²) in [5.41, 5.74) is 0. The lowest BCUT2D eigenvalue weighted by Gasteiger charge is -2.04. The number of aryl methyl sites for hydroxylation is 2. The molecule has 0 unspecified atom stereocenters. The molecule has 0 aromatic carbocycles. The lowest BCUT2D eigenvalue weighted by molar-refractivity contribution is -0.696. The van der Waals surface area contributed by atoms with E-state index in [0.717, 1.165) is 13.1 Å². The number of aromatic nitrogens is 2. The van der Waals surface area contributed by atoms with Gasteiger partial charge >= 0.3 is 0 Å². The van der Waals surface area contributed by atoms with E-state index < -0.39 is 10.1 Å². The third-order valence-electron chi connectivity index (χ3n) is 2.17. The van der Waals surface area contributed by atoms with Crippen LogP contribution in [-0.2, 0) is 23.2 Å². The fraction of sp³-hybridized carbons (Fsp3) is 0.667. The van der Waals surface area contributed by atoms with E-state index in [4.69, 9.17) is 0 Å². The molecule has 0 saturated carbocycles. The third-order valence-corrected chi connectivity index (χ3v) is 2.96. The minimum absolute atomic E-state index is 0.262. The first-order chi connectivity index (χ1) is 7.01. The molecule has 1 heterocycles. The van der Waals surface area contributed by atoms with Crippen molar-refractivity contribution >= 4 is 10.1 Å². The van der Waals surface area contributed by atoms with Gasteiger partial charge in [0.25, 0.3) is 0 Å². The quantitative estimate of drug-likeness (QED) is 0.397. The van der Waals surface area contributed by atoms with E-state index >= 15 is 0 Å². The highest BCUT2D eigenvalue weighted by Gasteiger charge is 2.02. The maximum atomic E-state index is 10.3. The van der Waals surface area contributed by atoms with Crippen LogP contribution in [0.2, 0.25) is 0 Å². The lowest BCUT2D eigenvalue weighted by Crippen LogP contribution is -2.31. The van der Waals surface area contributed by atoms with Crippen molar-refractivity contribution in [3.8, 4) is 0 Å². The molecule has 1 aromatic rings. The fourth-order valence-electron chi connectivity index (χ4n) is 1.33. The zero-order chi connectivity index (χ0) is 11.3. The van der Waals surface area contributed by atoms with Gasteiger partial charge in [-0.05, 0) is 19.8 Å². The molecule has 6 heteroatoms. The van der Waals surface area contributed by atoms with Crippen LogP contribution in [-0.4, -0.2) is 23.3 Å². The van der Waals surface area contributed by atoms with Crippen LogP contribution in [0.5, 0.6) is 0 Å². The van der Waals surface area contributed by atoms with Crippen LogP contribution in [0.25, 0.3) is 0 Å². The Labute approximate surface area is 90.1 Å². The topological polar surface area (TPSA) is 66.0 Å². The summed E-state index contributed by atoms with van der Waals surface area (Å²) in [7, 11) is -4.04. The number of imidazole rings is 1. The lowest BCUT2D eigenvalue weighted by atomic mass is 10.3. The molecular formula is C9H16N2O3S. The van der Waals surface area contributed by atoms with Crippen LogP contribution in [0, 0.1) is 0 Å². The van der Waals surface area contributed by atoms with Gasteiger partial charge in [0.15, 0.2) is 0 Å². The van der Waals surface area contributed by atoms with Crippen molar-refractivity contribution in [1.29, 1.82) is 0 Å². The van der Waals surface area contributed by atoms with E-state index in [-0.39, 0.29) is 5.75 Å². The van der Waals surface area contributed by atoms with Crippen LogP contribution in [0.15, 0.2) is 18.7 Å². The minimum Gasteiger partial charge on any atom is -0.748 e. The SMILES string of the molecule is CCn1cc[n+](CCCCS(=O)(=O)[O-])c1. The first-order valence-electron chi connectivity index (χ1n) is 4.99. The van der Waals surface area contributed by atoms with Crippen molar-refractivity contribution < 1.29 is 17.5 Å². The van der Waals surface area contributed by atoms with E-state index in [1.54, 1.807) is 0 Å². The van der Waals surface area contributed by atoms with E-state index in [1.807, 2.05) is 34.8 Å². The molecule has 0 amide bonds. The van der Waals surface area contributed by atoms with Gasteiger partial charge < -0.3 is 4.55 Å². The van der Waals surface area contributed by atoms with Crippen molar-refractivity contribution in [3.05, 3.63) is 18.7 Å². The molecule has 0 aliphatic heterocycles. The summed E-state index contributed by atoms with van der Waals surface area (Å²) in [5, 5.41) is 0. The standard InChI is InChI=1S/C9H16N2O3S/c1-2-10-6-7-11(9-10)5-3-4-8-15(12,13)14/h6-7,9H,2-5,8H2,1H3. The predicted molar refractivity (Wildman–Crippen MR) is 54.1 cm³/mol. The molecule has 0 atom stereocenters. The van der Waals surface area contributed by atoms with Gasteiger partial charge in [0.2, 0.25) is 6.33 Å². The molecule has 86 valence electrons. The molecule has 0 aliphatic carbocycles. The first kappa shape index (κ1) is 12.2. The normalized spacial score (nSPS) is 11.9. The Kier molecular flexibility index (Phi) is 4.28. The highest BCUT2D eigenvalue weighted by molar-refractivity contribution is 7.85. The van der Waals surface area contributed by atoms with E-state index in [2.05, 4.69) is 0 Å². The first-order valence-corrected chi connectivity index (χ1v) is 6.57. The second kappa shape index (κ2) is 5.27. The maximum absolute atomic E-state index is 10.3. The van der Waals surface area contributed by atoms with Crippen LogP contribution in [0.3, 0.4) is 0 Å². The molecule has 0 radical (unpaired) electrons. The van der Waals surface area contributed by atoms with Gasteiger partial charge in [-0.25, -0.2) is 17.6 Å². The highest BCUT2D eigenvalue weighted by atomic mass is 32.2. The zero-order valence-corrected chi connectivity index (χ0v) is 9.61. The Balaban J connectivity index is 2.26. The molecule has 0 N–H and O–H groups in total. The summed E-state index contributed by atoms with van der Waals surface area (Å²) in [6.45, 7) is 3.72. The Morgan fingerprint density at radius 3 is 2.67 bits per heavy atom. The van der Waals surface area contributed by atoms with Crippen LogP contribution in [0.1, 0.15) is 19.8 Å². The molecule has 1 rings (SSSR count). The Morgan fingerprint density at radius 1 is 1.40 bits per heavy atom. The second-order valence-corrected chi connectivity index (χ2v) is 4.97. The largest absolute Gasteiger partial charge is 0.748 e. The summed E-state index contributed by atoms with van der Waals surface area (Å²) in [6.07, 6.45) is 7.00. The zero-order valence-electron chi connectivity index (χ0n) is 8.80. The Hall–Kier alpha value is -0.880. The van der Waals surface area contributed by atoms with E-state index in [1.165, 1.54) is 0 Å². The number of hydrogen-bond acceptors (Lipinski definition) is 3. The van der Waals surface area contributed by atoms with Crippen LogP contribution in [0.4, 0.5) is 0 Å². The summed E-state index contributed by atoms with van der Waals surface area (Å²) in [6, 6.07) is 0. The maximum Gasteiger partial charge on any atom is 0.243 e.